The molecule has 302 valence electrons. The normalized spacial score (nSPS) is 12.0. The maximum atomic E-state index is 5.06. The minimum absolute atomic E-state index is 0.634. The summed E-state index contributed by atoms with van der Waals surface area (Å²) in [6, 6.07) is 76.1. The van der Waals surface area contributed by atoms with Crippen molar-refractivity contribution in [2.24, 2.45) is 0 Å². The zero-order chi connectivity index (χ0) is 42.6. The maximum absolute atomic E-state index is 5.06. The van der Waals surface area contributed by atoms with E-state index in [-0.39, 0.29) is 0 Å². The highest BCUT2D eigenvalue weighted by molar-refractivity contribution is 7.27. The van der Waals surface area contributed by atoms with E-state index < -0.39 is 0 Å². The van der Waals surface area contributed by atoms with Crippen LogP contribution in [0, 0.1) is 0 Å². The van der Waals surface area contributed by atoms with E-state index in [1.165, 1.54) is 85.3 Å². The van der Waals surface area contributed by atoms with Crippen molar-refractivity contribution in [1.82, 2.24) is 24.1 Å². The topological polar surface area (TPSA) is 48.5 Å². The van der Waals surface area contributed by atoms with Crippen molar-refractivity contribution < 1.29 is 0 Å². The Morgan fingerprint density at radius 1 is 0.323 bits per heavy atom. The van der Waals surface area contributed by atoms with Crippen molar-refractivity contribution in [2.45, 2.75) is 0 Å². The molecule has 14 rings (SSSR count). The standard InChI is InChI=1S/C59H35N5S/c1-4-16-36(17-5-1)57-60-58(37-18-6-2-7-19-37)62-59(61-57)38-28-30-42(31-29-38)64-50-33-40-21-11-10-20-39(40)32-47(50)53-44-25-12-13-26-45(44)54-48-34-46-43-24-14-15-27-49(43)63(41-22-8-3-9-23-41)51(46)35-52(48)65-56(54)55(53)64/h1-35H. The monoisotopic (exact) mass is 845 g/mol. The molecule has 4 aromatic heterocycles. The van der Waals surface area contributed by atoms with Gasteiger partial charge in [-0.15, -0.1) is 11.3 Å². The van der Waals surface area contributed by atoms with Crippen molar-refractivity contribution in [3.8, 4) is 45.5 Å². The van der Waals surface area contributed by atoms with Gasteiger partial charge in [0.15, 0.2) is 17.5 Å². The zero-order valence-corrected chi connectivity index (χ0v) is 35.7. The average Bonchev–Trinajstić information content (AvgIpc) is 4.03. The fourth-order valence-electron chi connectivity index (χ4n) is 10.2. The van der Waals surface area contributed by atoms with Crippen LogP contribution >= 0.6 is 11.3 Å². The molecule has 0 N–H and O–H groups in total. The van der Waals surface area contributed by atoms with Crippen LogP contribution in [-0.2, 0) is 0 Å². The third-order valence-electron chi connectivity index (χ3n) is 13.1. The first kappa shape index (κ1) is 36.1. The summed E-state index contributed by atoms with van der Waals surface area (Å²) in [6.45, 7) is 0. The number of hydrogen-bond donors (Lipinski definition) is 0. The van der Waals surface area contributed by atoms with Crippen molar-refractivity contribution in [3.05, 3.63) is 212 Å². The molecule has 0 aliphatic heterocycles. The second-order valence-corrected chi connectivity index (χ2v) is 17.8. The quantitative estimate of drug-likeness (QED) is 0.173. The largest absolute Gasteiger partial charge is 0.309 e. The van der Waals surface area contributed by atoms with Crippen molar-refractivity contribution in [3.63, 3.8) is 0 Å². The lowest BCUT2D eigenvalue weighted by atomic mass is 9.97. The first-order valence-corrected chi connectivity index (χ1v) is 22.8. The highest BCUT2D eigenvalue weighted by Gasteiger charge is 2.24. The van der Waals surface area contributed by atoms with Crippen molar-refractivity contribution in [2.75, 3.05) is 0 Å². The Hall–Kier alpha value is -8.45. The van der Waals surface area contributed by atoms with Gasteiger partial charge in [0.25, 0.3) is 0 Å². The van der Waals surface area contributed by atoms with Gasteiger partial charge in [-0.2, -0.15) is 0 Å². The van der Waals surface area contributed by atoms with Gasteiger partial charge in [-0.05, 0) is 88.3 Å². The molecule has 0 fully saturated rings. The summed E-state index contributed by atoms with van der Waals surface area (Å²) in [6.07, 6.45) is 0. The van der Waals surface area contributed by atoms with Gasteiger partial charge in [0, 0.05) is 65.1 Å². The molecule has 0 radical (unpaired) electrons. The predicted molar refractivity (Wildman–Crippen MR) is 273 cm³/mol. The summed E-state index contributed by atoms with van der Waals surface area (Å²) >= 11 is 1.90. The Morgan fingerprint density at radius 3 is 1.49 bits per heavy atom. The lowest BCUT2D eigenvalue weighted by Gasteiger charge is -2.12. The molecule has 6 heteroatoms. The molecule has 0 spiro atoms. The fourth-order valence-corrected chi connectivity index (χ4v) is 11.5. The van der Waals surface area contributed by atoms with E-state index in [1.54, 1.807) is 0 Å². The smallest absolute Gasteiger partial charge is 0.164 e. The molecule has 0 amide bonds. The molecule has 5 nitrogen and oxygen atoms in total. The number of para-hydroxylation sites is 2. The van der Waals surface area contributed by atoms with Gasteiger partial charge in [-0.3, -0.25) is 0 Å². The summed E-state index contributed by atoms with van der Waals surface area (Å²) in [5.41, 5.74) is 9.87. The second-order valence-electron chi connectivity index (χ2n) is 16.8. The van der Waals surface area contributed by atoms with E-state index in [4.69, 9.17) is 15.0 Å². The Kier molecular flexibility index (Phi) is 7.79. The lowest BCUT2D eigenvalue weighted by molar-refractivity contribution is 1.07. The van der Waals surface area contributed by atoms with Crippen LogP contribution in [0.25, 0.3) is 131 Å². The van der Waals surface area contributed by atoms with Crippen LogP contribution in [0.5, 0.6) is 0 Å². The zero-order valence-electron chi connectivity index (χ0n) is 34.9. The highest BCUT2D eigenvalue weighted by atomic mass is 32.1. The molecule has 0 atom stereocenters. The van der Waals surface area contributed by atoms with Gasteiger partial charge in [-0.1, -0.05) is 146 Å². The Bertz CT molecular complexity index is 4150. The molecular weight excluding hydrogens is 811 g/mol. The van der Waals surface area contributed by atoms with Crippen molar-refractivity contribution in [1.29, 1.82) is 0 Å². The predicted octanol–water partition coefficient (Wildman–Crippen LogP) is 15.7. The van der Waals surface area contributed by atoms with E-state index in [0.717, 1.165) is 28.1 Å². The summed E-state index contributed by atoms with van der Waals surface area (Å²) in [4.78, 5) is 15.1. The minimum Gasteiger partial charge on any atom is -0.309 e. The van der Waals surface area contributed by atoms with Crippen LogP contribution in [0.4, 0.5) is 0 Å². The molecule has 0 unspecified atom stereocenters. The molecule has 0 saturated heterocycles. The lowest BCUT2D eigenvalue weighted by Crippen LogP contribution is -2.00. The van der Waals surface area contributed by atoms with Crippen LogP contribution in [0.15, 0.2) is 212 Å². The SMILES string of the molecule is c1ccc(-c2nc(-c3ccccc3)nc(-c3ccc(-n4c5cc6ccccc6cc5c5c6ccccc6c6c7cc8c9ccccc9n(-c9ccccc9)c8cc7sc6c54)cc3)n2)cc1. The molecular formula is C59H35N5S. The number of rotatable bonds is 5. The summed E-state index contributed by atoms with van der Waals surface area (Å²) in [5.74, 6) is 1.93. The first-order valence-electron chi connectivity index (χ1n) is 21.9. The van der Waals surface area contributed by atoms with Gasteiger partial charge in [0.1, 0.15) is 0 Å². The molecule has 0 saturated carbocycles. The molecule has 10 aromatic carbocycles. The Labute approximate surface area is 376 Å². The minimum atomic E-state index is 0.634. The summed E-state index contributed by atoms with van der Waals surface area (Å²) in [5, 5.41) is 12.6. The van der Waals surface area contributed by atoms with E-state index >= 15 is 0 Å². The van der Waals surface area contributed by atoms with Crippen LogP contribution in [0.2, 0.25) is 0 Å². The number of aromatic nitrogens is 5. The molecule has 65 heavy (non-hydrogen) atoms. The van der Waals surface area contributed by atoms with E-state index in [0.29, 0.717) is 17.5 Å². The number of fused-ring (bicyclic) bond motifs is 14. The molecule has 14 aromatic rings. The molecule has 4 heterocycles. The third-order valence-corrected chi connectivity index (χ3v) is 14.3. The van der Waals surface area contributed by atoms with Gasteiger partial charge in [0.2, 0.25) is 0 Å². The van der Waals surface area contributed by atoms with Crippen LogP contribution in [0.3, 0.4) is 0 Å². The van der Waals surface area contributed by atoms with Crippen LogP contribution in [-0.4, -0.2) is 24.1 Å². The van der Waals surface area contributed by atoms with E-state index in [2.05, 4.69) is 161 Å². The van der Waals surface area contributed by atoms with Crippen molar-refractivity contribution >= 4 is 96.7 Å². The third kappa shape index (κ3) is 5.48. The Morgan fingerprint density at radius 2 is 0.831 bits per heavy atom. The Balaban J connectivity index is 1.06. The number of benzene rings is 10. The average molecular weight is 846 g/mol. The number of thiophene rings is 1. The van der Waals surface area contributed by atoms with Gasteiger partial charge in [-0.25, -0.2) is 15.0 Å². The number of hydrogen-bond acceptors (Lipinski definition) is 4. The van der Waals surface area contributed by atoms with Crippen LogP contribution in [0.1, 0.15) is 0 Å². The second kappa shape index (κ2) is 14.0. The molecule has 0 aliphatic carbocycles. The molecule has 0 aliphatic rings. The van der Waals surface area contributed by atoms with Gasteiger partial charge < -0.3 is 9.13 Å². The fraction of sp³-hybridized carbons (Fsp3) is 0. The van der Waals surface area contributed by atoms with Gasteiger partial charge >= 0.3 is 0 Å². The van der Waals surface area contributed by atoms with Crippen LogP contribution < -0.4 is 0 Å². The highest BCUT2D eigenvalue weighted by Crippen LogP contribution is 2.50. The summed E-state index contributed by atoms with van der Waals surface area (Å²) in [7, 11) is 0. The number of nitrogens with zero attached hydrogens (tertiary/aromatic N) is 5. The first-order chi connectivity index (χ1) is 32.2. The summed E-state index contributed by atoms with van der Waals surface area (Å²) < 4.78 is 7.46. The van der Waals surface area contributed by atoms with Gasteiger partial charge in [0.05, 0.1) is 26.8 Å². The van der Waals surface area contributed by atoms with E-state index in [1.807, 2.05) is 72.0 Å². The van der Waals surface area contributed by atoms with E-state index in [9.17, 15) is 0 Å². The maximum Gasteiger partial charge on any atom is 0.164 e. The molecule has 0 bridgehead atoms.